The normalized spacial score (nSPS) is 22.8. The van der Waals surface area contributed by atoms with E-state index in [0.717, 1.165) is 64.1 Å². The second-order valence-corrected chi connectivity index (χ2v) is 7.83. The number of aliphatic hydroxyl groups excluding tert-OH is 1. The lowest BCUT2D eigenvalue weighted by molar-refractivity contribution is 0.0887. The van der Waals surface area contributed by atoms with E-state index in [1.807, 2.05) is 0 Å². The number of fused-ring (bicyclic) bond motifs is 1. The van der Waals surface area contributed by atoms with Gasteiger partial charge in [-0.1, -0.05) is 42.5 Å². The number of aryl methyl sites for hydroxylation is 1. The molecule has 2 aliphatic heterocycles. The molecule has 1 saturated heterocycles. The molecule has 0 radical (unpaired) electrons. The average Bonchev–Trinajstić information content (AvgIpc) is 3.17. The molecule has 4 rings (SSSR count). The molecule has 2 heterocycles. The first-order chi connectivity index (χ1) is 12.8. The Morgan fingerprint density at radius 3 is 2.85 bits per heavy atom. The third-order valence-corrected chi connectivity index (χ3v) is 6.04. The lowest BCUT2D eigenvalue weighted by Crippen LogP contribution is -2.48. The number of likely N-dealkylation sites (tertiary alicyclic amines) is 1. The van der Waals surface area contributed by atoms with E-state index >= 15 is 0 Å². The van der Waals surface area contributed by atoms with Gasteiger partial charge in [-0.25, -0.2) is 0 Å². The van der Waals surface area contributed by atoms with Crippen LogP contribution in [0.3, 0.4) is 0 Å². The van der Waals surface area contributed by atoms with Crippen LogP contribution in [0.15, 0.2) is 48.5 Å². The first-order valence-corrected chi connectivity index (χ1v) is 9.92. The van der Waals surface area contributed by atoms with Crippen LogP contribution in [0.1, 0.15) is 36.0 Å². The molecule has 26 heavy (non-hydrogen) atoms. The van der Waals surface area contributed by atoms with Gasteiger partial charge in [0.25, 0.3) is 0 Å². The van der Waals surface area contributed by atoms with Crippen molar-refractivity contribution in [3.05, 3.63) is 65.2 Å². The minimum Gasteiger partial charge on any atom is -0.493 e. The highest BCUT2D eigenvalue weighted by atomic mass is 16.5. The molecular weight excluding hydrogens is 322 g/mol. The van der Waals surface area contributed by atoms with Crippen molar-refractivity contribution < 1.29 is 9.84 Å². The molecule has 1 N–H and O–H groups in total. The van der Waals surface area contributed by atoms with Crippen molar-refractivity contribution in [3.63, 3.8) is 0 Å². The topological polar surface area (TPSA) is 32.7 Å². The van der Waals surface area contributed by atoms with Gasteiger partial charge in [-0.3, -0.25) is 0 Å². The molecule has 2 aliphatic rings. The number of aliphatic hydroxyl groups is 1. The fourth-order valence-electron chi connectivity index (χ4n) is 4.57. The highest BCUT2D eigenvalue weighted by molar-refractivity contribution is 5.39. The van der Waals surface area contributed by atoms with E-state index in [0.29, 0.717) is 0 Å². The fourth-order valence-corrected chi connectivity index (χ4v) is 4.57. The zero-order valence-electron chi connectivity index (χ0n) is 15.5. The number of piperidine rings is 1. The first kappa shape index (κ1) is 17.6. The van der Waals surface area contributed by atoms with Gasteiger partial charge in [-0.15, -0.1) is 0 Å². The van der Waals surface area contributed by atoms with Gasteiger partial charge in [0.05, 0.1) is 13.2 Å². The maximum absolute atomic E-state index is 10.2. The summed E-state index contributed by atoms with van der Waals surface area (Å²) in [5.74, 6) is 1.07. The smallest absolute Gasteiger partial charge is 0.122 e. The van der Waals surface area contributed by atoms with Gasteiger partial charge in [0.2, 0.25) is 0 Å². The summed E-state index contributed by atoms with van der Waals surface area (Å²) in [6, 6.07) is 17.2. The van der Waals surface area contributed by atoms with Crippen LogP contribution in [-0.4, -0.2) is 42.9 Å². The van der Waals surface area contributed by atoms with Crippen LogP contribution in [0.5, 0.6) is 5.75 Å². The molecule has 0 aromatic heterocycles. The lowest BCUT2D eigenvalue weighted by atomic mass is 9.74. The predicted molar refractivity (Wildman–Crippen MR) is 105 cm³/mol. The average molecular weight is 351 g/mol. The van der Waals surface area contributed by atoms with E-state index in [2.05, 4.69) is 53.4 Å². The second kappa shape index (κ2) is 7.81. The summed E-state index contributed by atoms with van der Waals surface area (Å²) in [5, 5.41) is 10.2. The molecule has 1 unspecified atom stereocenters. The van der Waals surface area contributed by atoms with E-state index < -0.39 is 0 Å². The Morgan fingerprint density at radius 1 is 1.12 bits per heavy atom. The summed E-state index contributed by atoms with van der Waals surface area (Å²) in [6.45, 7) is 4.27. The number of hydrogen-bond acceptors (Lipinski definition) is 3. The molecule has 138 valence electrons. The van der Waals surface area contributed by atoms with Crippen LogP contribution in [-0.2, 0) is 18.3 Å². The molecule has 0 spiro atoms. The molecule has 2 aromatic carbocycles. The van der Waals surface area contributed by atoms with Crippen LogP contribution >= 0.6 is 0 Å². The number of rotatable bonds is 6. The summed E-state index contributed by atoms with van der Waals surface area (Å²) in [7, 11) is 0. The van der Waals surface area contributed by atoms with Crippen molar-refractivity contribution in [1.82, 2.24) is 4.90 Å². The molecule has 1 atom stereocenters. The largest absolute Gasteiger partial charge is 0.493 e. The third kappa shape index (κ3) is 3.65. The standard InChI is InChI=1S/C23H29NO2/c25-18-23(21-7-2-1-3-8-21)12-5-14-24(17-23)13-4-6-19-9-10-22-20(16-19)11-15-26-22/h1-3,7-10,16,25H,4-6,11-15,17-18H2. The Hall–Kier alpha value is -1.84. The Labute approximate surface area is 156 Å². The molecule has 0 bridgehead atoms. The molecule has 0 aliphatic carbocycles. The molecule has 2 aromatic rings. The van der Waals surface area contributed by atoms with Crippen LogP contribution in [0.4, 0.5) is 0 Å². The van der Waals surface area contributed by atoms with Gasteiger partial charge >= 0.3 is 0 Å². The highest BCUT2D eigenvalue weighted by Gasteiger charge is 2.36. The van der Waals surface area contributed by atoms with E-state index in [1.165, 1.54) is 16.7 Å². The summed E-state index contributed by atoms with van der Waals surface area (Å²) in [6.07, 6.45) is 5.56. The quantitative estimate of drug-likeness (QED) is 0.863. The molecular formula is C23H29NO2. The van der Waals surface area contributed by atoms with Crippen LogP contribution in [0, 0.1) is 0 Å². The molecule has 3 heteroatoms. The summed E-state index contributed by atoms with van der Waals surface area (Å²) >= 11 is 0. The number of ether oxygens (including phenoxy) is 1. The van der Waals surface area contributed by atoms with Gasteiger partial charge in [0, 0.05) is 18.4 Å². The van der Waals surface area contributed by atoms with E-state index in [-0.39, 0.29) is 12.0 Å². The van der Waals surface area contributed by atoms with Crippen molar-refractivity contribution in [2.45, 2.75) is 37.5 Å². The van der Waals surface area contributed by atoms with E-state index in [9.17, 15) is 5.11 Å². The molecule has 1 fully saturated rings. The minimum atomic E-state index is -0.0928. The highest BCUT2D eigenvalue weighted by Crippen LogP contribution is 2.34. The zero-order chi connectivity index (χ0) is 17.8. The SMILES string of the molecule is OCC1(c2ccccc2)CCCN(CCCc2ccc3c(c2)CCO3)C1. The van der Waals surface area contributed by atoms with Gasteiger partial charge in [0.1, 0.15) is 5.75 Å². The number of hydrogen-bond donors (Lipinski definition) is 1. The Morgan fingerprint density at radius 2 is 2.00 bits per heavy atom. The fraction of sp³-hybridized carbons (Fsp3) is 0.478. The Balaban J connectivity index is 1.35. The van der Waals surface area contributed by atoms with Crippen molar-refractivity contribution in [1.29, 1.82) is 0 Å². The van der Waals surface area contributed by atoms with E-state index in [4.69, 9.17) is 4.74 Å². The second-order valence-electron chi connectivity index (χ2n) is 7.83. The third-order valence-electron chi connectivity index (χ3n) is 6.04. The van der Waals surface area contributed by atoms with Crippen LogP contribution in [0.2, 0.25) is 0 Å². The lowest BCUT2D eigenvalue weighted by Gasteiger charge is -2.42. The minimum absolute atomic E-state index is 0.0928. The van der Waals surface area contributed by atoms with Crippen molar-refractivity contribution in [2.24, 2.45) is 0 Å². The van der Waals surface area contributed by atoms with E-state index in [1.54, 1.807) is 0 Å². The van der Waals surface area contributed by atoms with Crippen molar-refractivity contribution >= 4 is 0 Å². The maximum Gasteiger partial charge on any atom is 0.122 e. The summed E-state index contributed by atoms with van der Waals surface area (Å²) in [5.41, 5.74) is 3.97. The van der Waals surface area contributed by atoms with Crippen molar-refractivity contribution in [2.75, 3.05) is 32.8 Å². The summed E-state index contributed by atoms with van der Waals surface area (Å²) < 4.78 is 5.60. The van der Waals surface area contributed by atoms with Gasteiger partial charge in [0.15, 0.2) is 0 Å². The Kier molecular flexibility index (Phi) is 5.28. The van der Waals surface area contributed by atoms with Gasteiger partial charge in [-0.05, 0) is 61.5 Å². The molecule has 0 saturated carbocycles. The zero-order valence-corrected chi connectivity index (χ0v) is 15.5. The summed E-state index contributed by atoms with van der Waals surface area (Å²) in [4.78, 5) is 2.54. The predicted octanol–water partition coefficient (Wildman–Crippen LogP) is 3.58. The van der Waals surface area contributed by atoms with Crippen molar-refractivity contribution in [3.8, 4) is 5.75 Å². The first-order valence-electron chi connectivity index (χ1n) is 9.92. The molecule has 0 amide bonds. The van der Waals surface area contributed by atoms with Gasteiger partial charge < -0.3 is 14.7 Å². The van der Waals surface area contributed by atoms with Crippen LogP contribution < -0.4 is 4.74 Å². The monoisotopic (exact) mass is 351 g/mol. The number of benzene rings is 2. The molecule has 3 nitrogen and oxygen atoms in total. The Bertz CT molecular complexity index is 730. The van der Waals surface area contributed by atoms with Gasteiger partial charge in [-0.2, -0.15) is 0 Å². The maximum atomic E-state index is 10.2. The van der Waals surface area contributed by atoms with Crippen LogP contribution in [0.25, 0.3) is 0 Å². The number of nitrogens with zero attached hydrogens (tertiary/aromatic N) is 1.